The number of carbonyl (C=O) groups excluding carboxylic acids is 1. The Morgan fingerprint density at radius 3 is 2.13 bits per heavy atom. The fraction of sp³-hybridized carbons (Fsp3) is 0.185. The molecule has 4 nitrogen and oxygen atoms in total. The highest BCUT2D eigenvalue weighted by Crippen LogP contribution is 2.11. The lowest BCUT2D eigenvalue weighted by molar-refractivity contribution is 0.250. The summed E-state index contributed by atoms with van der Waals surface area (Å²) in [6.45, 7) is 2.73. The Hall–Kier alpha value is -4.02. The van der Waals surface area contributed by atoms with Gasteiger partial charge in [-0.2, -0.15) is 5.26 Å². The standard InChI is InChI=1S/C27H25N3O/c1-21(20-29-27(31)30-26-17-15-25(19-28)16-18-26)7-8-23-11-13-24(14-12-23)10-9-22-5-3-2-4-6-22/h2-6,11-18,21H,7-8,20H2,1H3,(H2,29,30,31). The Bertz CT molecular complexity index is 1090. The number of rotatable bonds is 6. The predicted molar refractivity (Wildman–Crippen MR) is 125 cm³/mol. The Kier molecular flexibility index (Phi) is 7.86. The van der Waals surface area contributed by atoms with Gasteiger partial charge in [-0.15, -0.1) is 0 Å². The number of nitriles is 1. The highest BCUT2D eigenvalue weighted by molar-refractivity contribution is 5.89. The molecule has 3 rings (SSSR count). The molecule has 0 radical (unpaired) electrons. The SMILES string of the molecule is CC(CCc1ccc(C#Cc2ccccc2)cc1)CNC(=O)Nc1ccc(C#N)cc1. The maximum atomic E-state index is 12.0. The zero-order valence-electron chi connectivity index (χ0n) is 17.6. The lowest BCUT2D eigenvalue weighted by Gasteiger charge is -2.13. The van der Waals surface area contributed by atoms with Crippen molar-refractivity contribution < 1.29 is 4.79 Å². The van der Waals surface area contributed by atoms with Gasteiger partial charge < -0.3 is 10.6 Å². The molecule has 0 aliphatic heterocycles. The average molecular weight is 408 g/mol. The van der Waals surface area contributed by atoms with Crippen LogP contribution in [0.5, 0.6) is 0 Å². The van der Waals surface area contributed by atoms with E-state index in [1.807, 2.05) is 30.3 Å². The molecule has 2 N–H and O–H groups in total. The summed E-state index contributed by atoms with van der Waals surface area (Å²) in [5, 5.41) is 14.5. The Labute approximate surface area is 183 Å². The molecule has 1 atom stereocenters. The van der Waals surface area contributed by atoms with E-state index in [0.717, 1.165) is 24.0 Å². The summed E-state index contributed by atoms with van der Waals surface area (Å²) in [4.78, 5) is 12.0. The van der Waals surface area contributed by atoms with Gasteiger partial charge in [0.15, 0.2) is 0 Å². The van der Waals surface area contributed by atoms with E-state index in [0.29, 0.717) is 23.7 Å². The van der Waals surface area contributed by atoms with Crippen LogP contribution in [0.25, 0.3) is 0 Å². The van der Waals surface area contributed by atoms with Crippen LogP contribution in [0.1, 0.15) is 35.6 Å². The van der Waals surface area contributed by atoms with Gasteiger partial charge in [-0.1, -0.05) is 49.1 Å². The summed E-state index contributed by atoms with van der Waals surface area (Å²) in [6.07, 6.45) is 1.93. The van der Waals surface area contributed by atoms with E-state index in [1.165, 1.54) is 5.56 Å². The van der Waals surface area contributed by atoms with Crippen molar-refractivity contribution in [2.75, 3.05) is 11.9 Å². The van der Waals surface area contributed by atoms with Crippen molar-refractivity contribution in [3.05, 3.63) is 101 Å². The Morgan fingerprint density at radius 2 is 1.48 bits per heavy atom. The van der Waals surface area contributed by atoms with E-state index in [2.05, 4.69) is 59.7 Å². The molecule has 0 bridgehead atoms. The highest BCUT2D eigenvalue weighted by Gasteiger charge is 2.07. The van der Waals surface area contributed by atoms with E-state index in [4.69, 9.17) is 5.26 Å². The number of carbonyl (C=O) groups is 1. The third kappa shape index (κ3) is 7.38. The molecule has 0 aliphatic rings. The van der Waals surface area contributed by atoms with Crippen molar-refractivity contribution in [2.24, 2.45) is 5.92 Å². The molecule has 1 unspecified atom stereocenters. The van der Waals surface area contributed by atoms with E-state index >= 15 is 0 Å². The number of nitrogens with one attached hydrogen (secondary N) is 2. The van der Waals surface area contributed by atoms with E-state index in [9.17, 15) is 4.79 Å². The fourth-order valence-electron chi connectivity index (χ4n) is 3.01. The zero-order chi connectivity index (χ0) is 21.9. The zero-order valence-corrected chi connectivity index (χ0v) is 17.6. The minimum Gasteiger partial charge on any atom is -0.338 e. The molecule has 0 heterocycles. The number of aryl methyl sites for hydroxylation is 1. The summed E-state index contributed by atoms with van der Waals surface area (Å²) >= 11 is 0. The van der Waals surface area contributed by atoms with Crippen molar-refractivity contribution in [1.82, 2.24) is 5.32 Å². The molecule has 0 aromatic heterocycles. The van der Waals surface area contributed by atoms with Crippen LogP contribution >= 0.6 is 0 Å². The molecule has 2 amide bonds. The van der Waals surface area contributed by atoms with Gasteiger partial charge in [-0.3, -0.25) is 0 Å². The van der Waals surface area contributed by atoms with Crippen LogP contribution in [0.15, 0.2) is 78.9 Å². The van der Waals surface area contributed by atoms with Gasteiger partial charge in [0, 0.05) is 23.4 Å². The van der Waals surface area contributed by atoms with Gasteiger partial charge in [0.1, 0.15) is 0 Å². The van der Waals surface area contributed by atoms with Crippen LogP contribution in [-0.2, 0) is 6.42 Å². The van der Waals surface area contributed by atoms with Gasteiger partial charge in [0.05, 0.1) is 11.6 Å². The number of hydrogen-bond acceptors (Lipinski definition) is 2. The monoisotopic (exact) mass is 407 g/mol. The Balaban J connectivity index is 1.40. The maximum absolute atomic E-state index is 12.0. The van der Waals surface area contributed by atoms with E-state index in [-0.39, 0.29) is 6.03 Å². The summed E-state index contributed by atoms with van der Waals surface area (Å²) in [7, 11) is 0. The topological polar surface area (TPSA) is 64.9 Å². The van der Waals surface area contributed by atoms with Crippen molar-refractivity contribution in [3.63, 3.8) is 0 Å². The number of hydrogen-bond donors (Lipinski definition) is 2. The maximum Gasteiger partial charge on any atom is 0.319 e. The molecular weight excluding hydrogens is 382 g/mol. The molecule has 0 aliphatic carbocycles. The van der Waals surface area contributed by atoms with Crippen molar-refractivity contribution in [1.29, 1.82) is 5.26 Å². The van der Waals surface area contributed by atoms with Gasteiger partial charge in [-0.05, 0) is 72.9 Å². The fourth-order valence-corrected chi connectivity index (χ4v) is 3.01. The minimum absolute atomic E-state index is 0.238. The van der Waals surface area contributed by atoms with Crippen LogP contribution in [0.2, 0.25) is 0 Å². The second kappa shape index (κ2) is 11.2. The average Bonchev–Trinajstić information content (AvgIpc) is 2.82. The molecule has 3 aromatic carbocycles. The normalized spacial score (nSPS) is 10.8. The van der Waals surface area contributed by atoms with Crippen LogP contribution in [0.3, 0.4) is 0 Å². The molecule has 0 saturated heterocycles. The first-order chi connectivity index (χ1) is 15.1. The molecule has 4 heteroatoms. The number of urea groups is 1. The second-order valence-electron chi connectivity index (χ2n) is 7.48. The number of nitrogens with zero attached hydrogens (tertiary/aromatic N) is 1. The largest absolute Gasteiger partial charge is 0.338 e. The molecule has 0 fully saturated rings. The van der Waals surface area contributed by atoms with Crippen LogP contribution in [0.4, 0.5) is 10.5 Å². The lowest BCUT2D eigenvalue weighted by Crippen LogP contribution is -2.32. The van der Waals surface area contributed by atoms with Crippen molar-refractivity contribution >= 4 is 11.7 Å². The molecule has 3 aromatic rings. The van der Waals surface area contributed by atoms with Crippen LogP contribution in [-0.4, -0.2) is 12.6 Å². The summed E-state index contributed by atoms with van der Waals surface area (Å²) in [5.41, 5.74) is 4.51. The number of amides is 2. The molecule has 154 valence electrons. The third-order valence-corrected chi connectivity index (χ3v) is 4.89. The van der Waals surface area contributed by atoms with Gasteiger partial charge in [0.2, 0.25) is 0 Å². The van der Waals surface area contributed by atoms with Crippen LogP contribution < -0.4 is 10.6 Å². The quantitative estimate of drug-likeness (QED) is 0.541. The summed E-state index contributed by atoms with van der Waals surface area (Å²) in [6, 6.07) is 26.9. The molecule has 0 saturated carbocycles. The van der Waals surface area contributed by atoms with Crippen LogP contribution in [0, 0.1) is 29.1 Å². The molecule has 31 heavy (non-hydrogen) atoms. The van der Waals surface area contributed by atoms with Crippen molar-refractivity contribution in [3.8, 4) is 17.9 Å². The third-order valence-electron chi connectivity index (χ3n) is 4.89. The first kappa shape index (κ1) is 21.7. The number of benzene rings is 3. The van der Waals surface area contributed by atoms with Gasteiger partial charge in [0.25, 0.3) is 0 Å². The highest BCUT2D eigenvalue weighted by atomic mass is 16.2. The van der Waals surface area contributed by atoms with Crippen molar-refractivity contribution in [2.45, 2.75) is 19.8 Å². The van der Waals surface area contributed by atoms with Gasteiger partial charge >= 0.3 is 6.03 Å². The minimum atomic E-state index is -0.238. The molecular formula is C27H25N3O. The second-order valence-corrected chi connectivity index (χ2v) is 7.48. The summed E-state index contributed by atoms with van der Waals surface area (Å²) < 4.78 is 0. The first-order valence-corrected chi connectivity index (χ1v) is 10.3. The first-order valence-electron chi connectivity index (χ1n) is 10.3. The lowest BCUT2D eigenvalue weighted by atomic mass is 10.0. The molecule has 0 spiro atoms. The van der Waals surface area contributed by atoms with E-state index in [1.54, 1.807) is 24.3 Å². The summed E-state index contributed by atoms with van der Waals surface area (Å²) in [5.74, 6) is 6.71. The van der Waals surface area contributed by atoms with Gasteiger partial charge in [-0.25, -0.2) is 4.79 Å². The number of anilines is 1. The predicted octanol–water partition coefficient (Wildman–Crippen LogP) is 5.35. The van der Waals surface area contributed by atoms with E-state index < -0.39 is 0 Å². The Morgan fingerprint density at radius 1 is 0.871 bits per heavy atom. The smallest absolute Gasteiger partial charge is 0.319 e.